The van der Waals surface area contributed by atoms with E-state index in [-0.39, 0.29) is 24.4 Å². The summed E-state index contributed by atoms with van der Waals surface area (Å²) in [5, 5.41) is 3.00. The summed E-state index contributed by atoms with van der Waals surface area (Å²) in [5.74, 6) is 2.33. The third-order valence-corrected chi connectivity index (χ3v) is 5.56. The van der Waals surface area contributed by atoms with Crippen molar-refractivity contribution in [1.82, 2.24) is 10.2 Å². The molecule has 1 saturated carbocycles. The summed E-state index contributed by atoms with van der Waals surface area (Å²) in [4.78, 5) is 26.5. The lowest BCUT2D eigenvalue weighted by atomic mass is 9.79. The Morgan fingerprint density at radius 1 is 1.22 bits per heavy atom. The van der Waals surface area contributed by atoms with Crippen LogP contribution >= 0.6 is 11.8 Å². The van der Waals surface area contributed by atoms with Crippen LogP contribution in [-0.2, 0) is 9.59 Å². The second-order valence-corrected chi connectivity index (χ2v) is 6.79. The zero-order valence-corrected chi connectivity index (χ0v) is 11.4. The number of thioether (sulfide) groups is 1. The molecule has 0 aromatic carbocycles. The van der Waals surface area contributed by atoms with Crippen molar-refractivity contribution in [2.24, 2.45) is 0 Å². The molecule has 3 fully saturated rings. The first kappa shape index (κ1) is 12.3. The standard InChI is InChI=1S/C13H20N2O2S/c16-11-8-15(10-4-7-18-9-10)12(17)13(14-11)5-2-1-3-6-13/h10H,1-9H2,(H,14,16). The molecule has 0 aromatic rings. The van der Waals surface area contributed by atoms with Gasteiger partial charge >= 0.3 is 0 Å². The number of nitrogens with one attached hydrogen (secondary N) is 1. The van der Waals surface area contributed by atoms with Gasteiger partial charge in [0.05, 0.1) is 6.54 Å². The highest BCUT2D eigenvalue weighted by Crippen LogP contribution is 2.34. The minimum absolute atomic E-state index is 0.0356. The van der Waals surface area contributed by atoms with Crippen molar-refractivity contribution >= 4 is 23.6 Å². The van der Waals surface area contributed by atoms with Crippen molar-refractivity contribution in [3.05, 3.63) is 0 Å². The minimum atomic E-state index is -0.555. The average molecular weight is 268 g/mol. The molecule has 3 rings (SSSR count). The largest absolute Gasteiger partial charge is 0.340 e. The molecule has 3 aliphatic rings. The average Bonchev–Trinajstić information content (AvgIpc) is 2.89. The molecule has 100 valence electrons. The number of hydrogen-bond acceptors (Lipinski definition) is 3. The van der Waals surface area contributed by atoms with E-state index in [1.165, 1.54) is 6.42 Å². The summed E-state index contributed by atoms with van der Waals surface area (Å²) in [6, 6.07) is 0.285. The first-order chi connectivity index (χ1) is 8.71. The second-order valence-electron chi connectivity index (χ2n) is 5.64. The molecule has 2 aliphatic heterocycles. The first-order valence-corrected chi connectivity index (χ1v) is 8.07. The van der Waals surface area contributed by atoms with E-state index in [4.69, 9.17) is 0 Å². The summed E-state index contributed by atoms with van der Waals surface area (Å²) in [6.07, 6.45) is 5.99. The highest BCUT2D eigenvalue weighted by Gasteiger charge is 2.48. The van der Waals surface area contributed by atoms with Gasteiger partial charge in [-0.25, -0.2) is 0 Å². The molecule has 4 nitrogen and oxygen atoms in total. The number of hydrogen-bond donors (Lipinski definition) is 1. The van der Waals surface area contributed by atoms with Gasteiger partial charge in [-0.05, 0) is 25.0 Å². The van der Waals surface area contributed by atoms with Crippen LogP contribution in [0.15, 0.2) is 0 Å². The second kappa shape index (κ2) is 4.76. The smallest absolute Gasteiger partial charge is 0.249 e. The lowest BCUT2D eigenvalue weighted by Crippen LogP contribution is -2.68. The zero-order chi connectivity index (χ0) is 12.6. The summed E-state index contributed by atoms with van der Waals surface area (Å²) in [5.41, 5.74) is -0.555. The van der Waals surface area contributed by atoms with Crippen LogP contribution in [0.5, 0.6) is 0 Å². The molecule has 1 N–H and O–H groups in total. The molecule has 0 bridgehead atoms. The van der Waals surface area contributed by atoms with E-state index in [1.807, 2.05) is 16.7 Å². The topological polar surface area (TPSA) is 49.4 Å². The maximum atomic E-state index is 12.7. The quantitative estimate of drug-likeness (QED) is 0.776. The summed E-state index contributed by atoms with van der Waals surface area (Å²) < 4.78 is 0. The fourth-order valence-electron chi connectivity index (χ4n) is 3.42. The van der Waals surface area contributed by atoms with Gasteiger partial charge in [-0.15, -0.1) is 0 Å². The Morgan fingerprint density at radius 3 is 2.67 bits per heavy atom. The Hall–Kier alpha value is -0.710. The fraction of sp³-hybridized carbons (Fsp3) is 0.846. The van der Waals surface area contributed by atoms with Crippen molar-refractivity contribution in [2.45, 2.75) is 50.1 Å². The number of nitrogens with zero attached hydrogens (tertiary/aromatic N) is 1. The van der Waals surface area contributed by atoms with Gasteiger partial charge < -0.3 is 10.2 Å². The van der Waals surface area contributed by atoms with Crippen molar-refractivity contribution in [3.63, 3.8) is 0 Å². The van der Waals surface area contributed by atoms with Gasteiger partial charge in [-0.3, -0.25) is 9.59 Å². The monoisotopic (exact) mass is 268 g/mol. The highest BCUT2D eigenvalue weighted by atomic mass is 32.2. The molecule has 18 heavy (non-hydrogen) atoms. The normalized spacial score (nSPS) is 31.8. The Labute approximate surface area is 112 Å². The number of amides is 2. The van der Waals surface area contributed by atoms with E-state index in [0.717, 1.165) is 43.6 Å². The molecule has 0 aromatic heterocycles. The van der Waals surface area contributed by atoms with Crippen LogP contribution < -0.4 is 5.32 Å². The van der Waals surface area contributed by atoms with E-state index in [9.17, 15) is 9.59 Å². The lowest BCUT2D eigenvalue weighted by Gasteiger charge is -2.45. The van der Waals surface area contributed by atoms with Crippen molar-refractivity contribution < 1.29 is 9.59 Å². The van der Waals surface area contributed by atoms with Gasteiger partial charge in [0.1, 0.15) is 5.54 Å². The Bertz CT molecular complexity index is 360. The molecule has 2 saturated heterocycles. The molecule has 1 aliphatic carbocycles. The summed E-state index contributed by atoms with van der Waals surface area (Å²) in [7, 11) is 0. The van der Waals surface area contributed by atoms with Crippen LogP contribution in [0.3, 0.4) is 0 Å². The van der Waals surface area contributed by atoms with E-state index in [1.54, 1.807) is 0 Å². The SMILES string of the molecule is O=C1CN(C2CCSC2)C(=O)C2(CCCCC2)N1. The molecular formula is C13H20N2O2S. The molecular weight excluding hydrogens is 248 g/mol. The number of piperazine rings is 1. The van der Waals surface area contributed by atoms with Crippen LogP contribution in [0.1, 0.15) is 38.5 Å². The summed E-state index contributed by atoms with van der Waals surface area (Å²) >= 11 is 1.89. The third kappa shape index (κ3) is 2.02. The predicted octanol–water partition coefficient (Wildman–Crippen LogP) is 1.15. The van der Waals surface area contributed by atoms with Gasteiger partial charge in [0.2, 0.25) is 11.8 Å². The van der Waals surface area contributed by atoms with Crippen molar-refractivity contribution in [1.29, 1.82) is 0 Å². The molecule has 5 heteroatoms. The lowest BCUT2D eigenvalue weighted by molar-refractivity contribution is -0.153. The van der Waals surface area contributed by atoms with Gasteiger partial charge in [0.25, 0.3) is 0 Å². The zero-order valence-electron chi connectivity index (χ0n) is 10.6. The molecule has 1 atom stereocenters. The van der Waals surface area contributed by atoms with Gasteiger partial charge in [-0.1, -0.05) is 19.3 Å². The number of rotatable bonds is 1. The fourth-order valence-corrected chi connectivity index (χ4v) is 4.64. The third-order valence-electron chi connectivity index (χ3n) is 4.42. The molecule has 2 heterocycles. The molecule has 0 radical (unpaired) electrons. The van der Waals surface area contributed by atoms with E-state index in [2.05, 4.69) is 5.32 Å². The molecule has 1 unspecified atom stereocenters. The van der Waals surface area contributed by atoms with Crippen LogP contribution in [0, 0.1) is 0 Å². The van der Waals surface area contributed by atoms with Crippen molar-refractivity contribution in [3.8, 4) is 0 Å². The Balaban J connectivity index is 1.82. The summed E-state index contributed by atoms with van der Waals surface area (Å²) in [6.45, 7) is 0.270. The molecule has 1 spiro atoms. The Kier molecular flexibility index (Phi) is 3.26. The van der Waals surface area contributed by atoms with E-state index in [0.29, 0.717) is 0 Å². The number of carbonyl (C=O) groups is 2. The van der Waals surface area contributed by atoms with Crippen LogP contribution in [-0.4, -0.2) is 46.3 Å². The molecule has 2 amide bonds. The van der Waals surface area contributed by atoms with Crippen LogP contribution in [0.2, 0.25) is 0 Å². The minimum Gasteiger partial charge on any atom is -0.340 e. The predicted molar refractivity (Wildman–Crippen MR) is 71.4 cm³/mol. The number of carbonyl (C=O) groups excluding carboxylic acids is 2. The first-order valence-electron chi connectivity index (χ1n) is 6.91. The van der Waals surface area contributed by atoms with Crippen LogP contribution in [0.25, 0.3) is 0 Å². The van der Waals surface area contributed by atoms with Gasteiger partial charge in [-0.2, -0.15) is 11.8 Å². The van der Waals surface area contributed by atoms with Gasteiger partial charge in [0, 0.05) is 11.8 Å². The van der Waals surface area contributed by atoms with Gasteiger partial charge in [0.15, 0.2) is 0 Å². The van der Waals surface area contributed by atoms with E-state index < -0.39 is 5.54 Å². The highest BCUT2D eigenvalue weighted by molar-refractivity contribution is 7.99. The van der Waals surface area contributed by atoms with Crippen molar-refractivity contribution in [2.75, 3.05) is 18.1 Å². The van der Waals surface area contributed by atoms with Crippen LogP contribution in [0.4, 0.5) is 0 Å². The maximum Gasteiger partial charge on any atom is 0.249 e. The van der Waals surface area contributed by atoms with E-state index >= 15 is 0 Å². The Morgan fingerprint density at radius 2 is 2.00 bits per heavy atom. The maximum absolute atomic E-state index is 12.7.